The Morgan fingerprint density at radius 2 is 2.20 bits per heavy atom. The van der Waals surface area contributed by atoms with Gasteiger partial charge in [-0.25, -0.2) is 0 Å². The second-order valence-corrected chi connectivity index (χ2v) is 3.64. The zero-order valence-corrected chi connectivity index (χ0v) is 8.64. The zero-order valence-electron chi connectivity index (χ0n) is 8.64. The third kappa shape index (κ3) is 1.80. The minimum Gasteiger partial charge on any atom is -0.495 e. The van der Waals surface area contributed by atoms with Crippen molar-refractivity contribution in [2.45, 2.75) is 12.5 Å². The van der Waals surface area contributed by atoms with Gasteiger partial charge in [-0.05, 0) is 12.1 Å². The van der Waals surface area contributed by atoms with E-state index >= 15 is 0 Å². The highest BCUT2D eigenvalue weighted by atomic mass is 16.5. The Labute approximate surface area is 88.6 Å². The largest absolute Gasteiger partial charge is 0.495 e. The molecule has 0 aromatic heterocycles. The molecule has 0 spiro atoms. The minimum absolute atomic E-state index is 0.0620. The molecule has 1 aliphatic heterocycles. The average Bonchev–Trinajstić information content (AvgIpc) is 2.57. The number of hydrogen-bond acceptors (Lipinski definition) is 3. The number of benzene rings is 1. The van der Waals surface area contributed by atoms with Gasteiger partial charge in [-0.1, -0.05) is 12.1 Å². The number of carbonyl (C=O) groups is 1. The van der Waals surface area contributed by atoms with Crippen molar-refractivity contribution in [1.82, 2.24) is 0 Å². The van der Waals surface area contributed by atoms with Crippen LogP contribution >= 0.6 is 0 Å². The molecule has 2 N–H and O–H groups in total. The predicted molar refractivity (Wildman–Crippen MR) is 57.9 cm³/mol. The SMILES string of the molecule is COc1ccccc1N1C[C@H](N)CC1=O. The summed E-state index contributed by atoms with van der Waals surface area (Å²) in [7, 11) is 1.60. The fraction of sp³-hybridized carbons (Fsp3) is 0.364. The Kier molecular flexibility index (Phi) is 2.60. The smallest absolute Gasteiger partial charge is 0.228 e. The van der Waals surface area contributed by atoms with E-state index in [0.29, 0.717) is 18.7 Å². The first-order valence-corrected chi connectivity index (χ1v) is 4.91. The number of hydrogen-bond donors (Lipinski definition) is 1. The molecular weight excluding hydrogens is 192 g/mol. The summed E-state index contributed by atoms with van der Waals surface area (Å²) in [4.78, 5) is 13.3. The topological polar surface area (TPSA) is 55.6 Å². The Bertz CT molecular complexity index is 379. The van der Waals surface area contributed by atoms with Gasteiger partial charge in [-0.3, -0.25) is 4.79 Å². The van der Waals surface area contributed by atoms with E-state index in [0.717, 1.165) is 5.69 Å². The van der Waals surface area contributed by atoms with Gasteiger partial charge in [0.05, 0.1) is 12.8 Å². The Morgan fingerprint density at radius 3 is 2.80 bits per heavy atom. The van der Waals surface area contributed by atoms with E-state index in [2.05, 4.69) is 0 Å². The van der Waals surface area contributed by atoms with Crippen molar-refractivity contribution in [2.75, 3.05) is 18.6 Å². The number of ether oxygens (including phenoxy) is 1. The molecule has 1 heterocycles. The molecule has 1 aromatic rings. The number of rotatable bonds is 2. The number of anilines is 1. The van der Waals surface area contributed by atoms with Crippen molar-refractivity contribution in [3.8, 4) is 5.75 Å². The number of carbonyl (C=O) groups excluding carboxylic acids is 1. The molecule has 1 atom stereocenters. The molecule has 0 saturated carbocycles. The number of para-hydroxylation sites is 2. The monoisotopic (exact) mass is 206 g/mol. The molecule has 2 rings (SSSR count). The fourth-order valence-electron chi connectivity index (χ4n) is 1.82. The maximum atomic E-state index is 11.6. The van der Waals surface area contributed by atoms with Crippen LogP contribution in [0.5, 0.6) is 5.75 Å². The van der Waals surface area contributed by atoms with Crippen LogP contribution in [0.2, 0.25) is 0 Å². The molecule has 1 saturated heterocycles. The lowest BCUT2D eigenvalue weighted by Crippen LogP contribution is -2.28. The summed E-state index contributed by atoms with van der Waals surface area (Å²) >= 11 is 0. The van der Waals surface area contributed by atoms with Crippen molar-refractivity contribution in [2.24, 2.45) is 5.73 Å². The second-order valence-electron chi connectivity index (χ2n) is 3.64. The maximum Gasteiger partial charge on any atom is 0.228 e. The summed E-state index contributed by atoms with van der Waals surface area (Å²) in [5.74, 6) is 0.770. The first-order valence-electron chi connectivity index (χ1n) is 4.91. The summed E-state index contributed by atoms with van der Waals surface area (Å²) in [5.41, 5.74) is 6.54. The summed E-state index contributed by atoms with van der Waals surface area (Å²) < 4.78 is 5.21. The van der Waals surface area contributed by atoms with Gasteiger partial charge in [0.2, 0.25) is 5.91 Å². The lowest BCUT2D eigenvalue weighted by molar-refractivity contribution is -0.117. The van der Waals surface area contributed by atoms with E-state index < -0.39 is 0 Å². The van der Waals surface area contributed by atoms with Gasteiger partial charge in [0.25, 0.3) is 0 Å². The van der Waals surface area contributed by atoms with E-state index in [9.17, 15) is 4.79 Å². The van der Waals surface area contributed by atoms with Crippen LogP contribution in [0.15, 0.2) is 24.3 Å². The van der Waals surface area contributed by atoms with Crippen LogP contribution < -0.4 is 15.4 Å². The lowest BCUT2D eigenvalue weighted by atomic mass is 10.2. The lowest BCUT2D eigenvalue weighted by Gasteiger charge is -2.18. The average molecular weight is 206 g/mol. The summed E-state index contributed by atoms with van der Waals surface area (Å²) in [6.45, 7) is 0.569. The van der Waals surface area contributed by atoms with Crippen molar-refractivity contribution >= 4 is 11.6 Å². The third-order valence-electron chi connectivity index (χ3n) is 2.53. The maximum absolute atomic E-state index is 11.6. The molecule has 4 heteroatoms. The van der Waals surface area contributed by atoms with Crippen LogP contribution in [0.4, 0.5) is 5.69 Å². The van der Waals surface area contributed by atoms with Crippen LogP contribution in [0.25, 0.3) is 0 Å². The van der Waals surface area contributed by atoms with Gasteiger partial charge in [0.15, 0.2) is 0 Å². The molecule has 1 aromatic carbocycles. The highest BCUT2D eigenvalue weighted by Crippen LogP contribution is 2.30. The van der Waals surface area contributed by atoms with Gasteiger partial charge in [-0.2, -0.15) is 0 Å². The molecule has 80 valence electrons. The Balaban J connectivity index is 2.33. The molecular formula is C11H14N2O2. The van der Waals surface area contributed by atoms with Crippen molar-refractivity contribution < 1.29 is 9.53 Å². The molecule has 0 aliphatic carbocycles. The van der Waals surface area contributed by atoms with Crippen LogP contribution in [-0.4, -0.2) is 25.6 Å². The highest BCUT2D eigenvalue weighted by molar-refractivity contribution is 5.97. The van der Waals surface area contributed by atoms with E-state index in [1.807, 2.05) is 24.3 Å². The van der Waals surface area contributed by atoms with Crippen molar-refractivity contribution in [3.63, 3.8) is 0 Å². The fourth-order valence-corrected chi connectivity index (χ4v) is 1.82. The molecule has 1 aliphatic rings. The van der Waals surface area contributed by atoms with Crippen LogP contribution in [-0.2, 0) is 4.79 Å². The molecule has 1 fully saturated rings. The van der Waals surface area contributed by atoms with Crippen molar-refractivity contribution in [1.29, 1.82) is 0 Å². The molecule has 0 unspecified atom stereocenters. The zero-order chi connectivity index (χ0) is 10.8. The molecule has 1 amide bonds. The van der Waals surface area contributed by atoms with E-state index in [1.165, 1.54) is 0 Å². The summed E-state index contributed by atoms with van der Waals surface area (Å²) in [6.07, 6.45) is 0.415. The van der Waals surface area contributed by atoms with Crippen molar-refractivity contribution in [3.05, 3.63) is 24.3 Å². The highest BCUT2D eigenvalue weighted by Gasteiger charge is 2.29. The molecule has 15 heavy (non-hydrogen) atoms. The molecule has 4 nitrogen and oxygen atoms in total. The van der Waals surface area contributed by atoms with Gasteiger partial charge in [0.1, 0.15) is 5.75 Å². The Morgan fingerprint density at radius 1 is 1.47 bits per heavy atom. The number of nitrogens with two attached hydrogens (primary N) is 1. The predicted octanol–water partition coefficient (Wildman–Crippen LogP) is 0.759. The van der Waals surface area contributed by atoms with Gasteiger partial charge in [0, 0.05) is 19.0 Å². The molecule has 0 radical (unpaired) electrons. The minimum atomic E-state index is -0.0672. The number of methoxy groups -OCH3 is 1. The van der Waals surface area contributed by atoms with E-state index in [1.54, 1.807) is 12.0 Å². The first kappa shape index (κ1) is 9.98. The van der Waals surface area contributed by atoms with Crippen LogP contribution in [0.3, 0.4) is 0 Å². The van der Waals surface area contributed by atoms with Crippen LogP contribution in [0, 0.1) is 0 Å². The van der Waals surface area contributed by atoms with E-state index in [-0.39, 0.29) is 11.9 Å². The third-order valence-corrected chi connectivity index (χ3v) is 2.53. The summed E-state index contributed by atoms with van der Waals surface area (Å²) in [6, 6.07) is 7.40. The second kappa shape index (κ2) is 3.90. The number of amides is 1. The standard InChI is InChI=1S/C11H14N2O2/c1-15-10-5-3-2-4-9(10)13-7-8(12)6-11(13)14/h2-5,8H,6-7,12H2,1H3/t8-/m1/s1. The van der Waals surface area contributed by atoms with E-state index in [4.69, 9.17) is 10.5 Å². The quantitative estimate of drug-likeness (QED) is 0.777. The van der Waals surface area contributed by atoms with Gasteiger partial charge >= 0.3 is 0 Å². The molecule has 0 bridgehead atoms. The van der Waals surface area contributed by atoms with Gasteiger partial charge < -0.3 is 15.4 Å². The first-order chi connectivity index (χ1) is 7.22. The summed E-state index contributed by atoms with van der Waals surface area (Å²) in [5, 5.41) is 0. The Hall–Kier alpha value is -1.55. The normalized spacial score (nSPS) is 20.8. The van der Waals surface area contributed by atoms with Gasteiger partial charge in [-0.15, -0.1) is 0 Å². The van der Waals surface area contributed by atoms with Crippen LogP contribution in [0.1, 0.15) is 6.42 Å². The number of nitrogens with zero attached hydrogens (tertiary/aromatic N) is 1.